The summed E-state index contributed by atoms with van der Waals surface area (Å²) in [5.74, 6) is 0.907. The van der Waals surface area contributed by atoms with Gasteiger partial charge >= 0.3 is 0 Å². The molecule has 2 heteroatoms. The van der Waals surface area contributed by atoms with E-state index in [1.165, 1.54) is 11.3 Å². The van der Waals surface area contributed by atoms with Crippen molar-refractivity contribution in [2.45, 2.75) is 19.0 Å². The lowest BCUT2D eigenvalue weighted by molar-refractivity contribution is 0.415. The minimum Gasteiger partial charge on any atom is -0.497 e. The van der Waals surface area contributed by atoms with Crippen molar-refractivity contribution >= 4 is 5.69 Å². The van der Waals surface area contributed by atoms with E-state index in [2.05, 4.69) is 54.3 Å². The van der Waals surface area contributed by atoms with E-state index in [1.54, 1.807) is 7.11 Å². The Hall–Kier alpha value is -1.96. The molecule has 0 amide bonds. The maximum atomic E-state index is 5.19. The molecule has 0 aliphatic carbocycles. The number of benzene rings is 2. The lowest BCUT2D eigenvalue weighted by Crippen LogP contribution is -1.96. The van der Waals surface area contributed by atoms with Crippen LogP contribution >= 0.6 is 0 Å². The highest BCUT2D eigenvalue weighted by Gasteiger charge is 2.44. The van der Waals surface area contributed by atoms with Crippen molar-refractivity contribution in [3.63, 3.8) is 0 Å². The minimum atomic E-state index is 0.514. The van der Waals surface area contributed by atoms with Gasteiger partial charge in [-0.3, -0.25) is 0 Å². The second-order valence-electron chi connectivity index (χ2n) is 4.70. The average Bonchev–Trinajstić information content (AvgIpc) is 3.11. The van der Waals surface area contributed by atoms with Crippen LogP contribution in [-0.4, -0.2) is 13.2 Å². The molecule has 1 aliphatic heterocycles. The number of rotatable bonds is 3. The molecule has 1 heterocycles. The van der Waals surface area contributed by atoms with Gasteiger partial charge in [0.05, 0.1) is 19.2 Å². The zero-order valence-electron chi connectivity index (χ0n) is 10.7. The minimum absolute atomic E-state index is 0.514. The molecule has 0 unspecified atom stereocenters. The molecule has 0 radical (unpaired) electrons. The quantitative estimate of drug-likeness (QED) is 0.758. The van der Waals surface area contributed by atoms with Gasteiger partial charge in [0.1, 0.15) is 5.75 Å². The first kappa shape index (κ1) is 11.1. The third-order valence-electron chi connectivity index (χ3n) is 3.62. The van der Waals surface area contributed by atoms with Gasteiger partial charge in [0.25, 0.3) is 0 Å². The van der Waals surface area contributed by atoms with E-state index in [9.17, 15) is 0 Å². The summed E-state index contributed by atoms with van der Waals surface area (Å²) in [5, 5.41) is 0. The summed E-state index contributed by atoms with van der Waals surface area (Å²) in [7, 11) is 1.70. The molecular weight excluding hydrogens is 222 g/mol. The molecule has 3 rings (SSSR count). The smallest absolute Gasteiger partial charge is 0.119 e. The van der Waals surface area contributed by atoms with Crippen LogP contribution in [0.2, 0.25) is 0 Å². The van der Waals surface area contributed by atoms with Crippen LogP contribution in [0.5, 0.6) is 5.75 Å². The van der Waals surface area contributed by atoms with Crippen LogP contribution in [0.1, 0.15) is 18.5 Å². The maximum absolute atomic E-state index is 5.19. The van der Waals surface area contributed by atoms with Crippen molar-refractivity contribution < 1.29 is 4.74 Å². The fourth-order valence-electron chi connectivity index (χ4n) is 2.59. The second-order valence-corrected chi connectivity index (χ2v) is 4.70. The first-order valence-corrected chi connectivity index (χ1v) is 6.28. The number of nitrogens with zero attached hydrogens (tertiary/aromatic N) is 1. The van der Waals surface area contributed by atoms with Crippen LogP contribution < -0.4 is 9.64 Å². The van der Waals surface area contributed by atoms with Crippen LogP contribution in [0.4, 0.5) is 5.69 Å². The second kappa shape index (κ2) is 4.37. The molecule has 0 saturated carbocycles. The van der Waals surface area contributed by atoms with Gasteiger partial charge in [-0.15, -0.1) is 0 Å². The molecule has 18 heavy (non-hydrogen) atoms. The zero-order chi connectivity index (χ0) is 12.5. The maximum Gasteiger partial charge on any atom is 0.119 e. The number of anilines is 1. The Morgan fingerprint density at radius 2 is 1.61 bits per heavy atom. The molecule has 0 aromatic heterocycles. The van der Waals surface area contributed by atoms with E-state index >= 15 is 0 Å². The molecule has 2 nitrogen and oxygen atoms in total. The highest BCUT2D eigenvalue weighted by Crippen LogP contribution is 2.46. The third-order valence-corrected chi connectivity index (χ3v) is 3.62. The van der Waals surface area contributed by atoms with Gasteiger partial charge in [-0.2, -0.15) is 0 Å². The Morgan fingerprint density at radius 3 is 2.22 bits per heavy atom. The summed E-state index contributed by atoms with van der Waals surface area (Å²) in [5.41, 5.74) is 2.65. The number of ether oxygens (including phenoxy) is 1. The van der Waals surface area contributed by atoms with Crippen LogP contribution in [-0.2, 0) is 0 Å². The van der Waals surface area contributed by atoms with Crippen LogP contribution in [0, 0.1) is 0 Å². The Kier molecular flexibility index (Phi) is 2.71. The predicted molar refractivity (Wildman–Crippen MR) is 74.1 cm³/mol. The van der Waals surface area contributed by atoms with Gasteiger partial charge in [-0.25, -0.2) is 0 Å². The summed E-state index contributed by atoms with van der Waals surface area (Å²) >= 11 is 0. The van der Waals surface area contributed by atoms with Gasteiger partial charge in [0, 0.05) is 5.69 Å². The Labute approximate surface area is 108 Å². The van der Waals surface area contributed by atoms with Crippen molar-refractivity contribution in [1.82, 2.24) is 0 Å². The van der Waals surface area contributed by atoms with Crippen LogP contribution in [0.3, 0.4) is 0 Å². The van der Waals surface area contributed by atoms with E-state index in [0.717, 1.165) is 5.75 Å². The highest BCUT2D eigenvalue weighted by atomic mass is 16.5. The van der Waals surface area contributed by atoms with Gasteiger partial charge < -0.3 is 9.64 Å². The normalized spacial score (nSPS) is 21.8. The standard InChI is InChI=1S/C16H17NO/c1-12-16(13-6-4-3-5-7-13)17(12)14-8-10-15(18-2)11-9-14/h3-12,16H,1-2H3/t12-,16-,17?/m1/s1. The zero-order valence-corrected chi connectivity index (χ0v) is 10.7. The first-order valence-electron chi connectivity index (χ1n) is 6.28. The van der Waals surface area contributed by atoms with E-state index in [0.29, 0.717) is 12.1 Å². The lowest BCUT2D eigenvalue weighted by Gasteiger charge is -2.07. The van der Waals surface area contributed by atoms with Gasteiger partial charge in [-0.05, 0) is 36.8 Å². The molecule has 0 spiro atoms. The molecule has 0 bridgehead atoms. The summed E-state index contributed by atoms with van der Waals surface area (Å²) in [6.45, 7) is 2.27. The molecule has 2 aromatic rings. The third kappa shape index (κ3) is 1.84. The summed E-state index contributed by atoms with van der Waals surface area (Å²) < 4.78 is 5.19. The number of methoxy groups -OCH3 is 1. The van der Waals surface area contributed by atoms with Crippen molar-refractivity contribution in [1.29, 1.82) is 0 Å². The fraction of sp³-hybridized carbons (Fsp3) is 0.250. The highest BCUT2D eigenvalue weighted by molar-refractivity contribution is 5.59. The fourth-order valence-corrected chi connectivity index (χ4v) is 2.59. The first-order chi connectivity index (χ1) is 8.81. The molecular formula is C16H17NO. The molecule has 2 atom stereocenters. The van der Waals surface area contributed by atoms with Gasteiger partial charge in [-0.1, -0.05) is 30.3 Å². The van der Waals surface area contributed by atoms with Crippen molar-refractivity contribution in [3.05, 3.63) is 60.2 Å². The number of hydrogen-bond acceptors (Lipinski definition) is 2. The monoisotopic (exact) mass is 239 g/mol. The van der Waals surface area contributed by atoms with Crippen LogP contribution in [0.15, 0.2) is 54.6 Å². The molecule has 92 valence electrons. The van der Waals surface area contributed by atoms with Crippen molar-refractivity contribution in [3.8, 4) is 5.75 Å². The lowest BCUT2D eigenvalue weighted by atomic mass is 10.1. The Bertz CT molecular complexity index is 521. The van der Waals surface area contributed by atoms with Crippen molar-refractivity contribution in [2.75, 3.05) is 12.0 Å². The van der Waals surface area contributed by atoms with Crippen LogP contribution in [0.25, 0.3) is 0 Å². The van der Waals surface area contributed by atoms with Gasteiger partial charge in [0.15, 0.2) is 0 Å². The van der Waals surface area contributed by atoms with E-state index < -0.39 is 0 Å². The van der Waals surface area contributed by atoms with E-state index in [-0.39, 0.29) is 0 Å². The topological polar surface area (TPSA) is 12.2 Å². The molecule has 1 fully saturated rings. The van der Waals surface area contributed by atoms with Gasteiger partial charge in [0.2, 0.25) is 0 Å². The average molecular weight is 239 g/mol. The molecule has 1 saturated heterocycles. The number of hydrogen-bond donors (Lipinski definition) is 0. The summed E-state index contributed by atoms with van der Waals surface area (Å²) in [6.07, 6.45) is 0. The molecule has 1 aliphatic rings. The van der Waals surface area contributed by atoms with E-state index in [1.807, 2.05) is 12.1 Å². The molecule has 2 aromatic carbocycles. The Balaban J connectivity index is 1.82. The summed E-state index contributed by atoms with van der Waals surface area (Å²) in [6, 6.07) is 20.0. The predicted octanol–water partition coefficient (Wildman–Crippen LogP) is 3.65. The Morgan fingerprint density at radius 1 is 0.944 bits per heavy atom. The largest absolute Gasteiger partial charge is 0.497 e. The van der Waals surface area contributed by atoms with E-state index in [4.69, 9.17) is 4.74 Å². The SMILES string of the molecule is COc1ccc(N2[C@H](C)[C@@H]2c2ccccc2)cc1. The van der Waals surface area contributed by atoms with Crippen molar-refractivity contribution in [2.24, 2.45) is 0 Å². The molecule has 0 N–H and O–H groups in total. The summed E-state index contributed by atoms with van der Waals surface area (Å²) in [4.78, 5) is 2.43.